The zero-order valence-electron chi connectivity index (χ0n) is 18.0. The number of methoxy groups -OCH3 is 1. The van der Waals surface area contributed by atoms with E-state index < -0.39 is 5.60 Å². The standard InChI is InChI=1S/C23H38N2O3/c1-4-5-8-15-23(2,27-3)22(26)24-20-11-13-21(14-12-20)28-19-18-25-16-9-6-7-10-17-25/h11-14H,4-10,15-19H2,1-3H3,(H,24,26). The summed E-state index contributed by atoms with van der Waals surface area (Å²) in [6.07, 6.45) is 9.24. The molecule has 5 heteroatoms. The van der Waals surface area contributed by atoms with Gasteiger partial charge in [-0.05, 0) is 63.5 Å². The van der Waals surface area contributed by atoms with Crippen molar-refractivity contribution in [3.05, 3.63) is 24.3 Å². The molecule has 5 nitrogen and oxygen atoms in total. The minimum atomic E-state index is -0.794. The summed E-state index contributed by atoms with van der Waals surface area (Å²) in [6.45, 7) is 8.06. The molecular weight excluding hydrogens is 352 g/mol. The van der Waals surface area contributed by atoms with Crippen molar-refractivity contribution in [1.29, 1.82) is 0 Å². The summed E-state index contributed by atoms with van der Waals surface area (Å²) in [5.74, 6) is 0.742. The predicted molar refractivity (Wildman–Crippen MR) is 115 cm³/mol. The van der Waals surface area contributed by atoms with Gasteiger partial charge in [-0.3, -0.25) is 9.69 Å². The highest BCUT2D eigenvalue weighted by atomic mass is 16.5. The van der Waals surface area contributed by atoms with Crippen LogP contribution in [0.3, 0.4) is 0 Å². The number of carbonyl (C=O) groups excluding carboxylic acids is 1. The van der Waals surface area contributed by atoms with E-state index >= 15 is 0 Å². The maximum atomic E-state index is 12.6. The summed E-state index contributed by atoms with van der Waals surface area (Å²) < 4.78 is 11.4. The first-order valence-corrected chi connectivity index (χ1v) is 10.9. The minimum absolute atomic E-state index is 0.0964. The Labute approximate surface area is 170 Å². The number of nitrogens with zero attached hydrogens (tertiary/aromatic N) is 1. The van der Waals surface area contributed by atoms with Gasteiger partial charge in [-0.15, -0.1) is 0 Å². The van der Waals surface area contributed by atoms with Gasteiger partial charge in [0, 0.05) is 19.3 Å². The predicted octanol–water partition coefficient (Wildman–Crippen LogP) is 4.87. The Morgan fingerprint density at radius 3 is 2.39 bits per heavy atom. The summed E-state index contributed by atoms with van der Waals surface area (Å²) in [6, 6.07) is 7.61. The lowest BCUT2D eigenvalue weighted by atomic mass is 9.97. The van der Waals surface area contributed by atoms with Gasteiger partial charge >= 0.3 is 0 Å². The molecule has 1 aromatic rings. The number of unbranched alkanes of at least 4 members (excludes halogenated alkanes) is 2. The molecule has 1 amide bonds. The van der Waals surface area contributed by atoms with E-state index in [-0.39, 0.29) is 5.91 Å². The van der Waals surface area contributed by atoms with Crippen LogP contribution in [0.5, 0.6) is 5.75 Å². The molecule has 1 aromatic carbocycles. The topological polar surface area (TPSA) is 50.8 Å². The first-order valence-electron chi connectivity index (χ1n) is 10.9. The second kappa shape index (κ2) is 12.1. The van der Waals surface area contributed by atoms with Crippen molar-refractivity contribution in [2.45, 2.75) is 70.8 Å². The average Bonchev–Trinajstić information content (AvgIpc) is 2.98. The Balaban J connectivity index is 1.78. The SMILES string of the molecule is CCCCCC(C)(OC)C(=O)Nc1ccc(OCCN2CCCCCC2)cc1. The van der Waals surface area contributed by atoms with Gasteiger partial charge < -0.3 is 14.8 Å². The molecule has 158 valence electrons. The Morgan fingerprint density at radius 1 is 1.11 bits per heavy atom. The molecule has 1 N–H and O–H groups in total. The molecule has 0 radical (unpaired) electrons. The molecule has 1 heterocycles. The van der Waals surface area contributed by atoms with E-state index in [0.29, 0.717) is 6.61 Å². The summed E-state index contributed by atoms with van der Waals surface area (Å²) in [5.41, 5.74) is -0.0269. The summed E-state index contributed by atoms with van der Waals surface area (Å²) >= 11 is 0. The van der Waals surface area contributed by atoms with E-state index in [2.05, 4.69) is 17.1 Å². The van der Waals surface area contributed by atoms with Crippen molar-refractivity contribution >= 4 is 11.6 Å². The Bertz CT molecular complexity index is 568. The number of ether oxygens (including phenoxy) is 2. The largest absolute Gasteiger partial charge is 0.492 e. The third kappa shape index (κ3) is 7.44. The highest BCUT2D eigenvalue weighted by Gasteiger charge is 2.32. The van der Waals surface area contributed by atoms with Crippen LogP contribution in [0, 0.1) is 0 Å². The number of hydrogen-bond donors (Lipinski definition) is 1. The van der Waals surface area contributed by atoms with Crippen LogP contribution in [0.1, 0.15) is 65.2 Å². The first-order chi connectivity index (χ1) is 13.6. The van der Waals surface area contributed by atoms with Crippen LogP contribution >= 0.6 is 0 Å². The molecule has 28 heavy (non-hydrogen) atoms. The monoisotopic (exact) mass is 390 g/mol. The van der Waals surface area contributed by atoms with E-state index in [1.807, 2.05) is 31.2 Å². The minimum Gasteiger partial charge on any atom is -0.492 e. The molecule has 2 rings (SSSR count). The van der Waals surface area contributed by atoms with Crippen LogP contribution in [-0.4, -0.2) is 49.8 Å². The summed E-state index contributed by atoms with van der Waals surface area (Å²) in [7, 11) is 1.60. The fourth-order valence-electron chi connectivity index (χ4n) is 3.57. The molecule has 1 saturated heterocycles. The Hall–Kier alpha value is -1.59. The van der Waals surface area contributed by atoms with Crippen molar-refractivity contribution in [3.63, 3.8) is 0 Å². The van der Waals surface area contributed by atoms with Crippen LogP contribution < -0.4 is 10.1 Å². The molecule has 1 atom stereocenters. The van der Waals surface area contributed by atoms with Crippen molar-refractivity contribution < 1.29 is 14.3 Å². The molecular formula is C23H38N2O3. The van der Waals surface area contributed by atoms with Gasteiger partial charge in [-0.25, -0.2) is 0 Å². The van der Waals surface area contributed by atoms with E-state index in [0.717, 1.165) is 43.7 Å². The molecule has 1 fully saturated rings. The Morgan fingerprint density at radius 2 is 1.79 bits per heavy atom. The van der Waals surface area contributed by atoms with E-state index in [4.69, 9.17) is 9.47 Å². The molecule has 1 unspecified atom stereocenters. The van der Waals surface area contributed by atoms with Crippen LogP contribution in [0.4, 0.5) is 5.69 Å². The maximum absolute atomic E-state index is 12.6. The number of amides is 1. The van der Waals surface area contributed by atoms with Gasteiger partial charge in [-0.1, -0.05) is 39.0 Å². The number of benzene rings is 1. The van der Waals surface area contributed by atoms with Crippen LogP contribution in [0.25, 0.3) is 0 Å². The van der Waals surface area contributed by atoms with Crippen LogP contribution in [0.15, 0.2) is 24.3 Å². The second-order valence-electron chi connectivity index (χ2n) is 7.97. The third-order valence-electron chi connectivity index (χ3n) is 5.68. The van der Waals surface area contributed by atoms with Crippen molar-refractivity contribution in [3.8, 4) is 5.75 Å². The molecule has 0 bridgehead atoms. The van der Waals surface area contributed by atoms with E-state index in [1.165, 1.54) is 38.8 Å². The molecule has 0 spiro atoms. The first kappa shape index (κ1) is 22.7. The third-order valence-corrected chi connectivity index (χ3v) is 5.68. The maximum Gasteiger partial charge on any atom is 0.256 e. The molecule has 0 saturated carbocycles. The fourth-order valence-corrected chi connectivity index (χ4v) is 3.57. The van der Waals surface area contributed by atoms with Crippen molar-refractivity contribution in [2.75, 3.05) is 38.7 Å². The average molecular weight is 391 g/mol. The normalized spacial score (nSPS) is 17.5. The highest BCUT2D eigenvalue weighted by Crippen LogP contribution is 2.22. The smallest absolute Gasteiger partial charge is 0.256 e. The van der Waals surface area contributed by atoms with E-state index in [9.17, 15) is 4.79 Å². The number of hydrogen-bond acceptors (Lipinski definition) is 4. The lowest BCUT2D eigenvalue weighted by Crippen LogP contribution is -2.41. The summed E-state index contributed by atoms with van der Waals surface area (Å²) in [5, 5.41) is 2.97. The molecule has 1 aliphatic rings. The Kier molecular flexibility index (Phi) is 9.79. The lowest BCUT2D eigenvalue weighted by Gasteiger charge is -2.27. The van der Waals surface area contributed by atoms with Gasteiger partial charge in [0.05, 0.1) is 0 Å². The van der Waals surface area contributed by atoms with Crippen LogP contribution in [-0.2, 0) is 9.53 Å². The van der Waals surface area contributed by atoms with Gasteiger partial charge in [0.15, 0.2) is 0 Å². The zero-order valence-corrected chi connectivity index (χ0v) is 18.0. The summed E-state index contributed by atoms with van der Waals surface area (Å²) in [4.78, 5) is 15.1. The van der Waals surface area contributed by atoms with Crippen molar-refractivity contribution in [2.24, 2.45) is 0 Å². The highest BCUT2D eigenvalue weighted by molar-refractivity contribution is 5.97. The van der Waals surface area contributed by atoms with Gasteiger partial charge in [0.25, 0.3) is 5.91 Å². The van der Waals surface area contributed by atoms with Crippen molar-refractivity contribution in [1.82, 2.24) is 4.90 Å². The molecule has 1 aliphatic heterocycles. The fraction of sp³-hybridized carbons (Fsp3) is 0.696. The van der Waals surface area contributed by atoms with Gasteiger partial charge in [0.2, 0.25) is 0 Å². The number of carbonyl (C=O) groups is 1. The lowest BCUT2D eigenvalue weighted by molar-refractivity contribution is -0.136. The number of anilines is 1. The zero-order chi connectivity index (χ0) is 20.2. The van der Waals surface area contributed by atoms with Gasteiger partial charge in [-0.2, -0.15) is 0 Å². The molecule has 0 aliphatic carbocycles. The number of likely N-dealkylation sites (tertiary alicyclic amines) is 1. The quantitative estimate of drug-likeness (QED) is 0.548. The second-order valence-corrected chi connectivity index (χ2v) is 7.97. The number of rotatable bonds is 11. The van der Waals surface area contributed by atoms with E-state index in [1.54, 1.807) is 7.11 Å². The number of nitrogens with one attached hydrogen (secondary N) is 1. The molecule has 0 aromatic heterocycles. The van der Waals surface area contributed by atoms with Crippen LogP contribution in [0.2, 0.25) is 0 Å². The van der Waals surface area contributed by atoms with Gasteiger partial charge in [0.1, 0.15) is 18.0 Å².